The van der Waals surface area contributed by atoms with Crippen LogP contribution in [0.25, 0.3) is 0 Å². The van der Waals surface area contributed by atoms with E-state index in [1.54, 1.807) is 58.1 Å². The van der Waals surface area contributed by atoms with Crippen LogP contribution in [-0.2, 0) is 29.8 Å². The number of nitrogens with one attached hydrogen (secondary N) is 1. The van der Waals surface area contributed by atoms with Crippen molar-refractivity contribution in [2.45, 2.75) is 94.6 Å². The summed E-state index contributed by atoms with van der Waals surface area (Å²) < 4.78 is 6.15. The van der Waals surface area contributed by atoms with E-state index in [-0.39, 0.29) is 46.9 Å². The first kappa shape index (κ1) is 42.6. The van der Waals surface area contributed by atoms with Crippen LogP contribution < -0.4 is 16.2 Å². The topological polar surface area (TPSA) is 172 Å². The maximum absolute atomic E-state index is 14.2. The van der Waals surface area contributed by atoms with Gasteiger partial charge in [-0.2, -0.15) is 0 Å². The molecular formula is C51H55N3O6S2. The Bertz CT molecular complexity index is 2530. The Labute approximate surface area is 371 Å². The minimum absolute atomic E-state index is 0.0125. The monoisotopic (exact) mass is 869 g/mol. The number of nitrogens with two attached hydrogens (primary N) is 2. The molecule has 62 heavy (non-hydrogen) atoms. The predicted molar refractivity (Wildman–Crippen MR) is 246 cm³/mol. The highest BCUT2D eigenvalue weighted by Gasteiger charge is 2.68. The van der Waals surface area contributed by atoms with Gasteiger partial charge in [-0.15, -0.1) is 0 Å². The van der Waals surface area contributed by atoms with Gasteiger partial charge in [0.15, 0.2) is 23.1 Å². The Morgan fingerprint density at radius 1 is 0.952 bits per heavy atom. The number of aromatic amines is 1. The third kappa shape index (κ3) is 7.94. The molecule has 9 rings (SSSR count). The van der Waals surface area contributed by atoms with E-state index in [1.165, 1.54) is 0 Å². The van der Waals surface area contributed by atoms with Crippen molar-refractivity contribution >= 4 is 33.2 Å². The van der Waals surface area contributed by atoms with Crippen molar-refractivity contribution in [3.8, 4) is 29.1 Å². The van der Waals surface area contributed by atoms with Crippen LogP contribution in [0.1, 0.15) is 119 Å². The molecule has 0 unspecified atom stereocenters. The van der Waals surface area contributed by atoms with Crippen LogP contribution in [0.3, 0.4) is 0 Å². The molecule has 0 radical (unpaired) electrons. The lowest BCUT2D eigenvalue weighted by molar-refractivity contribution is -0.114. The largest absolute Gasteiger partial charge is 0.508 e. The third-order valence-corrected chi connectivity index (χ3v) is 16.8. The summed E-state index contributed by atoms with van der Waals surface area (Å²) in [4.78, 5) is 31.0. The Morgan fingerprint density at radius 3 is 2.60 bits per heavy atom. The number of hydrogen-bond acceptors (Lipinski definition) is 10. The Kier molecular flexibility index (Phi) is 11.8. The van der Waals surface area contributed by atoms with E-state index < -0.39 is 17.7 Å². The maximum atomic E-state index is 14.2. The van der Waals surface area contributed by atoms with Crippen molar-refractivity contribution < 1.29 is 29.6 Å². The lowest BCUT2D eigenvalue weighted by Crippen LogP contribution is -2.49. The van der Waals surface area contributed by atoms with Gasteiger partial charge in [0, 0.05) is 70.7 Å². The number of carbonyl (C=O) groups is 2. The van der Waals surface area contributed by atoms with Gasteiger partial charge in [-0.25, -0.2) is 0 Å². The number of phenolic OH excluding ortho intramolecular Hbond substituents is 2. The lowest BCUT2D eigenvalue weighted by atomic mass is 9.55. The number of Topliss-reactive ketones (excluding diaryl/α,β-unsaturated/α-hetero) is 1. The Hall–Kier alpha value is -4.70. The molecule has 6 atom stereocenters. The molecule has 2 heterocycles. The van der Waals surface area contributed by atoms with Crippen molar-refractivity contribution in [3.05, 3.63) is 135 Å². The second kappa shape index (κ2) is 17.1. The summed E-state index contributed by atoms with van der Waals surface area (Å²) in [6.45, 7) is 2.46. The Balaban J connectivity index is 1.12. The van der Waals surface area contributed by atoms with Crippen molar-refractivity contribution in [2.75, 3.05) is 12.4 Å². The van der Waals surface area contributed by atoms with Gasteiger partial charge in [0.2, 0.25) is 0 Å². The average molecular weight is 870 g/mol. The average Bonchev–Trinajstić information content (AvgIpc) is 3.78. The van der Waals surface area contributed by atoms with Gasteiger partial charge in [0.25, 0.3) is 0 Å². The Morgan fingerprint density at radius 2 is 1.77 bits per heavy atom. The molecule has 11 heteroatoms. The molecule has 0 saturated heterocycles. The van der Waals surface area contributed by atoms with E-state index in [0.29, 0.717) is 72.1 Å². The number of aliphatic hydroxyl groups is 1. The predicted octanol–water partition coefficient (Wildman–Crippen LogP) is 8.73. The van der Waals surface area contributed by atoms with Gasteiger partial charge < -0.3 is 36.5 Å². The first-order valence-electron chi connectivity index (χ1n) is 21.9. The number of rotatable bonds is 3. The number of aromatic hydroxyl groups is 2. The van der Waals surface area contributed by atoms with E-state index in [2.05, 4.69) is 48.0 Å². The van der Waals surface area contributed by atoms with E-state index in [1.807, 2.05) is 24.3 Å². The first-order valence-corrected chi connectivity index (χ1v) is 24.4. The minimum Gasteiger partial charge on any atom is -0.508 e. The molecule has 9 bridgehead atoms. The smallest absolute Gasteiger partial charge is 0.165 e. The number of H-pyrrole nitrogens is 1. The highest BCUT2D eigenvalue weighted by atomic mass is 33.1. The normalized spacial score (nSPS) is 28.8. The number of ketones is 2. The summed E-state index contributed by atoms with van der Waals surface area (Å²) in [7, 11) is 3.47. The number of ether oxygens (including phenoxy) is 1. The van der Waals surface area contributed by atoms with Crippen molar-refractivity contribution in [2.24, 2.45) is 34.1 Å². The molecule has 4 aliphatic carbocycles. The van der Waals surface area contributed by atoms with Crippen LogP contribution in [0.2, 0.25) is 0 Å². The summed E-state index contributed by atoms with van der Waals surface area (Å²) in [6.07, 6.45) is 15.4. The lowest BCUT2D eigenvalue weighted by Gasteiger charge is -2.51. The maximum Gasteiger partial charge on any atom is 0.165 e. The van der Waals surface area contributed by atoms with Crippen molar-refractivity contribution in [1.82, 2.24) is 4.98 Å². The number of benzene rings is 3. The zero-order chi connectivity index (χ0) is 43.2. The summed E-state index contributed by atoms with van der Waals surface area (Å²) in [5, 5.41) is 34.9. The molecule has 5 aliphatic rings. The van der Waals surface area contributed by atoms with E-state index in [0.717, 1.165) is 64.9 Å². The standard InChI is InChI=1S/C51H55N3O6S2/c1-2-4-42-34-13-18-51(59)29-49(42)17-14-36(55)10-7-31-9-12-45(57)47(22-31)60-20-16-32-8-11-44(56)41(21-32)40-25-46(58)37-15-19-54-43(37)6-3-5-33-23-39(48(52)53)35(24-38(33)40)27-61-62-30-50(51,26-34)28-49/h8-9,11-15,17-19,21-24,34,40,42,48,54,56-57,59H,2,4,6-7,10,16,20,25-30,52-53H2,1H3/b17-14+/t34-,40+,42-,49-,50+,51+/m0/s1. The minimum atomic E-state index is -0.987. The SMILES string of the molecule is CCC[C@H]1[C@H]2C=C[C@@]3(O)C[C@@]14/C=C/C(=O)CCc1ccc(O)c(c1)OCCc1ccc(O)c(c1)[C@@H]1CC(=O)c5cc[nH]c5CC#Cc5cc(C(N)N)c(cc51)CSSC[C@@]3(C2)C4. The van der Waals surface area contributed by atoms with Crippen LogP contribution in [-0.4, -0.2) is 49.8 Å². The number of fused-ring (bicyclic) bond motifs is 8. The zero-order valence-electron chi connectivity index (χ0n) is 35.1. The van der Waals surface area contributed by atoms with Gasteiger partial charge >= 0.3 is 0 Å². The second-order valence-corrected chi connectivity index (χ2v) is 20.7. The second-order valence-electron chi connectivity index (χ2n) is 18.2. The van der Waals surface area contributed by atoms with Gasteiger partial charge in [-0.1, -0.05) is 89.3 Å². The fourth-order valence-corrected chi connectivity index (χ4v) is 14.1. The molecular weight excluding hydrogens is 815 g/mol. The number of carbonyl (C=O) groups excluding carboxylic acids is 2. The van der Waals surface area contributed by atoms with Gasteiger partial charge in [-0.3, -0.25) is 9.59 Å². The van der Waals surface area contributed by atoms with Gasteiger partial charge in [0.05, 0.1) is 24.8 Å². The molecule has 1 spiro atoms. The fourth-order valence-electron chi connectivity index (χ4n) is 11.3. The molecule has 2 saturated carbocycles. The molecule has 0 amide bonds. The van der Waals surface area contributed by atoms with Gasteiger partial charge in [0.1, 0.15) is 5.75 Å². The molecule has 1 aromatic heterocycles. The molecule has 3 aromatic carbocycles. The number of hydrogen-bond donors (Lipinski definition) is 6. The van der Waals surface area contributed by atoms with E-state index in [9.17, 15) is 24.9 Å². The zero-order valence-corrected chi connectivity index (χ0v) is 36.8. The molecule has 1 aliphatic heterocycles. The van der Waals surface area contributed by atoms with Gasteiger partial charge in [-0.05, 0) is 114 Å². The van der Waals surface area contributed by atoms with E-state index in [4.69, 9.17) is 16.2 Å². The molecule has 322 valence electrons. The first-order chi connectivity index (χ1) is 29.9. The van der Waals surface area contributed by atoms with Crippen molar-refractivity contribution in [1.29, 1.82) is 0 Å². The van der Waals surface area contributed by atoms with Crippen LogP contribution in [0.15, 0.2) is 85.1 Å². The highest BCUT2D eigenvalue weighted by Crippen LogP contribution is 2.71. The number of allylic oxidation sites excluding steroid dienone is 3. The van der Waals surface area contributed by atoms with Crippen LogP contribution in [0.4, 0.5) is 0 Å². The highest BCUT2D eigenvalue weighted by molar-refractivity contribution is 8.76. The molecule has 9 nitrogen and oxygen atoms in total. The summed E-state index contributed by atoms with van der Waals surface area (Å²) in [5.74, 6) is 8.48. The third-order valence-electron chi connectivity index (χ3n) is 14.4. The molecule has 2 fully saturated rings. The summed E-state index contributed by atoms with van der Waals surface area (Å²) in [5.41, 5.74) is 18.3. The molecule has 4 aromatic rings. The van der Waals surface area contributed by atoms with E-state index >= 15 is 0 Å². The van der Waals surface area contributed by atoms with Crippen LogP contribution >= 0.6 is 21.6 Å². The van der Waals surface area contributed by atoms with Crippen LogP contribution in [0, 0.1) is 34.5 Å². The fraction of sp³-hybridized carbons (Fsp3) is 0.412. The number of aromatic nitrogens is 1. The van der Waals surface area contributed by atoms with Crippen molar-refractivity contribution in [3.63, 3.8) is 0 Å². The number of aryl methyl sites for hydroxylation is 1. The summed E-state index contributed by atoms with van der Waals surface area (Å²) >= 11 is 0. The quantitative estimate of drug-likeness (QED) is 0.0506. The van der Waals surface area contributed by atoms with Crippen LogP contribution in [0.5, 0.6) is 17.2 Å². The number of phenols is 2. The summed E-state index contributed by atoms with van der Waals surface area (Å²) in [6, 6.07) is 16.5. The molecule has 8 N–H and O–H groups in total.